The quantitative estimate of drug-likeness (QED) is 0.675. The second-order valence-electron chi connectivity index (χ2n) is 4.42. The average molecular weight is 181 g/mol. The zero-order chi connectivity index (χ0) is 9.90. The third-order valence-corrected chi connectivity index (χ3v) is 2.65. The number of ketones is 1. The second kappa shape index (κ2) is 4.05. The van der Waals surface area contributed by atoms with Crippen LogP contribution in [0.4, 0.5) is 0 Å². The van der Waals surface area contributed by atoms with Gasteiger partial charge in [-0.25, -0.2) is 0 Å². The SMILES string of the molecule is C=C(C)CC(=O)CC1(N)CCCC1. The van der Waals surface area contributed by atoms with Gasteiger partial charge in [0, 0.05) is 18.4 Å². The molecule has 0 aromatic rings. The van der Waals surface area contributed by atoms with Crippen molar-refractivity contribution in [1.29, 1.82) is 0 Å². The van der Waals surface area contributed by atoms with Gasteiger partial charge < -0.3 is 5.73 Å². The van der Waals surface area contributed by atoms with E-state index in [2.05, 4.69) is 6.58 Å². The van der Waals surface area contributed by atoms with Crippen molar-refractivity contribution in [2.75, 3.05) is 0 Å². The fraction of sp³-hybridized carbons (Fsp3) is 0.727. The third-order valence-electron chi connectivity index (χ3n) is 2.65. The smallest absolute Gasteiger partial charge is 0.138 e. The van der Waals surface area contributed by atoms with E-state index >= 15 is 0 Å². The summed E-state index contributed by atoms with van der Waals surface area (Å²) in [5.41, 5.74) is 6.83. The van der Waals surface area contributed by atoms with Gasteiger partial charge in [-0.3, -0.25) is 4.79 Å². The summed E-state index contributed by atoms with van der Waals surface area (Å²) in [7, 11) is 0. The first-order chi connectivity index (χ1) is 6.02. The number of rotatable bonds is 4. The van der Waals surface area contributed by atoms with Crippen molar-refractivity contribution in [2.45, 2.75) is 51.0 Å². The number of carbonyl (C=O) groups is 1. The van der Waals surface area contributed by atoms with E-state index in [1.807, 2.05) is 6.92 Å². The highest BCUT2D eigenvalue weighted by molar-refractivity contribution is 5.81. The molecule has 13 heavy (non-hydrogen) atoms. The van der Waals surface area contributed by atoms with Crippen LogP contribution in [0.1, 0.15) is 45.4 Å². The zero-order valence-electron chi connectivity index (χ0n) is 8.44. The van der Waals surface area contributed by atoms with Crippen molar-refractivity contribution in [3.63, 3.8) is 0 Å². The van der Waals surface area contributed by atoms with Crippen LogP contribution in [0, 0.1) is 0 Å². The molecular weight excluding hydrogens is 162 g/mol. The summed E-state index contributed by atoms with van der Waals surface area (Å²) in [5, 5.41) is 0. The van der Waals surface area contributed by atoms with Crippen molar-refractivity contribution in [3.8, 4) is 0 Å². The molecule has 0 aromatic carbocycles. The lowest BCUT2D eigenvalue weighted by molar-refractivity contribution is -0.119. The maximum absolute atomic E-state index is 11.5. The summed E-state index contributed by atoms with van der Waals surface area (Å²) in [5.74, 6) is 0.247. The first-order valence-electron chi connectivity index (χ1n) is 4.97. The molecule has 0 aliphatic heterocycles. The van der Waals surface area contributed by atoms with E-state index < -0.39 is 0 Å². The molecule has 2 nitrogen and oxygen atoms in total. The molecule has 0 aromatic heterocycles. The van der Waals surface area contributed by atoms with E-state index in [1.165, 1.54) is 12.8 Å². The molecule has 0 amide bonds. The van der Waals surface area contributed by atoms with Crippen LogP contribution >= 0.6 is 0 Å². The Hall–Kier alpha value is -0.630. The number of Topliss-reactive ketones (excluding diaryl/α,β-unsaturated/α-hetero) is 1. The van der Waals surface area contributed by atoms with Crippen LogP contribution in [-0.2, 0) is 4.79 Å². The van der Waals surface area contributed by atoms with Gasteiger partial charge in [0.25, 0.3) is 0 Å². The van der Waals surface area contributed by atoms with E-state index in [0.717, 1.165) is 18.4 Å². The average Bonchev–Trinajstić information content (AvgIpc) is 2.33. The first-order valence-corrected chi connectivity index (χ1v) is 4.97. The van der Waals surface area contributed by atoms with Gasteiger partial charge in [0.2, 0.25) is 0 Å². The molecule has 1 fully saturated rings. The molecular formula is C11H19NO. The van der Waals surface area contributed by atoms with E-state index in [1.54, 1.807) is 0 Å². The molecule has 1 aliphatic rings. The highest BCUT2D eigenvalue weighted by Crippen LogP contribution is 2.30. The molecule has 0 unspecified atom stereocenters. The maximum Gasteiger partial charge on any atom is 0.138 e. The maximum atomic E-state index is 11.5. The molecule has 1 rings (SSSR count). The monoisotopic (exact) mass is 181 g/mol. The summed E-state index contributed by atoms with van der Waals surface area (Å²) in [4.78, 5) is 11.5. The largest absolute Gasteiger partial charge is 0.325 e. The molecule has 74 valence electrons. The molecule has 0 saturated heterocycles. The molecule has 0 heterocycles. The van der Waals surface area contributed by atoms with Gasteiger partial charge in [-0.05, 0) is 19.8 Å². The van der Waals surface area contributed by atoms with Crippen LogP contribution < -0.4 is 5.73 Å². The van der Waals surface area contributed by atoms with Gasteiger partial charge in [-0.1, -0.05) is 25.0 Å². The van der Waals surface area contributed by atoms with E-state index in [0.29, 0.717) is 12.8 Å². The Morgan fingerprint density at radius 1 is 1.46 bits per heavy atom. The van der Waals surface area contributed by atoms with Crippen molar-refractivity contribution in [3.05, 3.63) is 12.2 Å². The fourth-order valence-electron chi connectivity index (χ4n) is 2.05. The van der Waals surface area contributed by atoms with Crippen LogP contribution in [0.15, 0.2) is 12.2 Å². The lowest BCUT2D eigenvalue weighted by Crippen LogP contribution is -2.38. The van der Waals surface area contributed by atoms with Crippen molar-refractivity contribution >= 4 is 5.78 Å². The molecule has 0 atom stereocenters. The van der Waals surface area contributed by atoms with Gasteiger partial charge >= 0.3 is 0 Å². The van der Waals surface area contributed by atoms with E-state index in [-0.39, 0.29) is 11.3 Å². The van der Waals surface area contributed by atoms with Gasteiger partial charge in [-0.2, -0.15) is 0 Å². The molecule has 1 saturated carbocycles. The number of hydrogen-bond acceptors (Lipinski definition) is 2. The van der Waals surface area contributed by atoms with Gasteiger partial charge in [0.05, 0.1) is 0 Å². The predicted octanol–water partition coefficient (Wildman–Crippen LogP) is 2.18. The van der Waals surface area contributed by atoms with E-state index in [4.69, 9.17) is 5.73 Å². The lowest BCUT2D eigenvalue weighted by atomic mass is 9.90. The van der Waals surface area contributed by atoms with Gasteiger partial charge in [0.1, 0.15) is 5.78 Å². The predicted molar refractivity (Wildman–Crippen MR) is 54.4 cm³/mol. The molecule has 1 aliphatic carbocycles. The Morgan fingerprint density at radius 2 is 2.00 bits per heavy atom. The number of allylic oxidation sites excluding steroid dienone is 1. The number of hydrogen-bond donors (Lipinski definition) is 1. The third kappa shape index (κ3) is 3.31. The van der Waals surface area contributed by atoms with Gasteiger partial charge in [-0.15, -0.1) is 0 Å². The summed E-state index contributed by atoms with van der Waals surface area (Å²) in [6.07, 6.45) is 5.41. The molecule has 0 spiro atoms. The molecule has 2 heteroatoms. The summed E-state index contributed by atoms with van der Waals surface area (Å²) < 4.78 is 0. The summed E-state index contributed by atoms with van der Waals surface area (Å²) in [6, 6.07) is 0. The standard InChI is InChI=1S/C11H19NO/c1-9(2)7-10(13)8-11(12)5-3-4-6-11/h1,3-8,12H2,2H3. The second-order valence-corrected chi connectivity index (χ2v) is 4.42. The normalized spacial score (nSPS) is 20.2. The Balaban J connectivity index is 2.38. The van der Waals surface area contributed by atoms with Crippen molar-refractivity contribution in [2.24, 2.45) is 5.73 Å². The Bertz CT molecular complexity index is 214. The number of nitrogens with two attached hydrogens (primary N) is 1. The lowest BCUT2D eigenvalue weighted by Gasteiger charge is -2.22. The van der Waals surface area contributed by atoms with Crippen LogP contribution in [0.5, 0.6) is 0 Å². The first kappa shape index (κ1) is 10.5. The van der Waals surface area contributed by atoms with Crippen LogP contribution in [0.25, 0.3) is 0 Å². The highest BCUT2D eigenvalue weighted by Gasteiger charge is 2.31. The van der Waals surface area contributed by atoms with Crippen LogP contribution in [-0.4, -0.2) is 11.3 Å². The Kier molecular flexibility index (Phi) is 3.26. The van der Waals surface area contributed by atoms with Crippen molar-refractivity contribution < 1.29 is 4.79 Å². The molecule has 2 N–H and O–H groups in total. The molecule has 0 bridgehead atoms. The summed E-state index contributed by atoms with van der Waals surface area (Å²) >= 11 is 0. The van der Waals surface area contributed by atoms with Crippen molar-refractivity contribution in [1.82, 2.24) is 0 Å². The van der Waals surface area contributed by atoms with Crippen LogP contribution in [0.2, 0.25) is 0 Å². The minimum atomic E-state index is -0.188. The Labute approximate surface area is 80.2 Å². The minimum absolute atomic E-state index is 0.188. The number of carbonyl (C=O) groups excluding carboxylic acids is 1. The fourth-order valence-corrected chi connectivity index (χ4v) is 2.05. The summed E-state index contributed by atoms with van der Waals surface area (Å²) in [6.45, 7) is 5.62. The zero-order valence-corrected chi connectivity index (χ0v) is 8.44. The minimum Gasteiger partial charge on any atom is -0.325 e. The van der Waals surface area contributed by atoms with Gasteiger partial charge in [0.15, 0.2) is 0 Å². The van der Waals surface area contributed by atoms with Crippen LogP contribution in [0.3, 0.4) is 0 Å². The molecule has 0 radical (unpaired) electrons. The Morgan fingerprint density at radius 3 is 2.46 bits per heavy atom. The topological polar surface area (TPSA) is 43.1 Å². The van der Waals surface area contributed by atoms with E-state index in [9.17, 15) is 4.79 Å². The highest BCUT2D eigenvalue weighted by atomic mass is 16.1.